The number of hydrogen-bond acceptors (Lipinski definition) is 5. The summed E-state index contributed by atoms with van der Waals surface area (Å²) in [4.78, 5) is 21.0. The van der Waals surface area contributed by atoms with Gasteiger partial charge >= 0.3 is 0 Å². The van der Waals surface area contributed by atoms with Gasteiger partial charge in [-0.25, -0.2) is 4.98 Å². The van der Waals surface area contributed by atoms with E-state index in [4.69, 9.17) is 27.6 Å². The predicted molar refractivity (Wildman–Crippen MR) is 115 cm³/mol. The Balaban J connectivity index is 1.15. The van der Waals surface area contributed by atoms with Crippen LogP contribution in [0.15, 0.2) is 28.9 Å². The minimum absolute atomic E-state index is 0.138. The molecule has 0 unspecified atom stereocenters. The van der Waals surface area contributed by atoms with Crippen molar-refractivity contribution in [3.8, 4) is 0 Å². The van der Waals surface area contributed by atoms with Gasteiger partial charge in [-0.05, 0) is 43.9 Å². The van der Waals surface area contributed by atoms with Crippen LogP contribution in [0.25, 0.3) is 0 Å². The molecular formula is C21H26Cl2N4O2. The Kier molecular flexibility index (Phi) is 6.32. The lowest BCUT2D eigenvalue weighted by molar-refractivity contribution is 0.0872. The van der Waals surface area contributed by atoms with E-state index >= 15 is 0 Å². The van der Waals surface area contributed by atoms with Gasteiger partial charge in [0.15, 0.2) is 11.6 Å². The summed E-state index contributed by atoms with van der Waals surface area (Å²) in [7, 11) is 0. The largest absolute Gasteiger partial charge is 0.448 e. The topological polar surface area (TPSA) is 61.6 Å². The highest BCUT2D eigenvalue weighted by molar-refractivity contribution is 6.43. The summed E-state index contributed by atoms with van der Waals surface area (Å²) in [6.07, 6.45) is 4.67. The molecule has 1 saturated heterocycles. The van der Waals surface area contributed by atoms with Crippen molar-refractivity contribution >= 4 is 34.8 Å². The lowest BCUT2D eigenvalue weighted by Crippen LogP contribution is -2.48. The first-order valence-corrected chi connectivity index (χ1v) is 10.9. The normalized spacial score (nSPS) is 22.4. The van der Waals surface area contributed by atoms with Gasteiger partial charge in [0.1, 0.15) is 6.26 Å². The highest BCUT2D eigenvalue weighted by Gasteiger charge is 2.31. The van der Waals surface area contributed by atoms with Gasteiger partial charge in [0.2, 0.25) is 0 Å². The fourth-order valence-electron chi connectivity index (χ4n) is 4.13. The van der Waals surface area contributed by atoms with Gasteiger partial charge in [-0.2, -0.15) is 0 Å². The number of rotatable bonds is 6. The molecule has 0 radical (unpaired) electrons. The molecule has 29 heavy (non-hydrogen) atoms. The predicted octanol–water partition coefficient (Wildman–Crippen LogP) is 4.01. The Hall–Kier alpha value is -1.76. The summed E-state index contributed by atoms with van der Waals surface area (Å²) in [5, 5.41) is 4.30. The van der Waals surface area contributed by atoms with E-state index in [1.54, 1.807) is 6.92 Å². The van der Waals surface area contributed by atoms with Gasteiger partial charge in [0.25, 0.3) is 5.91 Å². The second-order valence-electron chi connectivity index (χ2n) is 7.95. The zero-order valence-electron chi connectivity index (χ0n) is 16.5. The van der Waals surface area contributed by atoms with E-state index in [0.29, 0.717) is 27.5 Å². The van der Waals surface area contributed by atoms with Crippen LogP contribution >= 0.6 is 23.2 Å². The number of halogens is 2. The van der Waals surface area contributed by atoms with Gasteiger partial charge in [-0.15, -0.1) is 0 Å². The molecule has 1 N–H and O–H groups in total. The number of nitrogens with one attached hydrogen (secondary N) is 1. The van der Waals surface area contributed by atoms with Gasteiger partial charge in [-0.1, -0.05) is 29.3 Å². The number of carbonyl (C=O) groups excluding carboxylic acids is 1. The molecule has 0 spiro atoms. The van der Waals surface area contributed by atoms with Crippen molar-refractivity contribution in [1.82, 2.24) is 15.2 Å². The second-order valence-corrected chi connectivity index (χ2v) is 8.74. The monoisotopic (exact) mass is 436 g/mol. The number of carbonyl (C=O) groups is 1. The molecule has 8 heteroatoms. The maximum atomic E-state index is 12.1. The average Bonchev–Trinajstić information content (AvgIpc) is 3.12. The van der Waals surface area contributed by atoms with Crippen LogP contribution in [0.1, 0.15) is 35.6 Å². The molecule has 2 fully saturated rings. The molecule has 0 atom stereocenters. The number of piperazine rings is 1. The van der Waals surface area contributed by atoms with E-state index in [0.717, 1.165) is 51.3 Å². The number of oxazole rings is 1. The molecule has 2 heterocycles. The van der Waals surface area contributed by atoms with E-state index in [2.05, 4.69) is 20.1 Å². The number of benzene rings is 1. The van der Waals surface area contributed by atoms with Gasteiger partial charge in [0.05, 0.1) is 15.7 Å². The van der Waals surface area contributed by atoms with Crippen molar-refractivity contribution in [2.24, 2.45) is 5.92 Å². The number of aryl methyl sites for hydroxylation is 1. The Bertz CT molecular complexity index is 858. The Morgan fingerprint density at radius 2 is 2.00 bits per heavy atom. The van der Waals surface area contributed by atoms with Crippen LogP contribution < -0.4 is 10.2 Å². The van der Waals surface area contributed by atoms with Crippen LogP contribution in [-0.4, -0.2) is 54.6 Å². The van der Waals surface area contributed by atoms with Crippen LogP contribution in [0, 0.1) is 12.8 Å². The van der Waals surface area contributed by atoms with Crippen LogP contribution in [-0.2, 0) is 0 Å². The minimum Gasteiger partial charge on any atom is -0.448 e. The van der Waals surface area contributed by atoms with Crippen LogP contribution in [0.2, 0.25) is 10.0 Å². The zero-order chi connectivity index (χ0) is 20.4. The fraction of sp³-hybridized carbons (Fsp3) is 0.524. The summed E-state index contributed by atoms with van der Waals surface area (Å²) < 4.78 is 5.10. The molecule has 4 rings (SSSR count). The third-order valence-electron chi connectivity index (χ3n) is 5.92. The fourth-order valence-corrected chi connectivity index (χ4v) is 4.55. The highest BCUT2D eigenvalue weighted by Crippen LogP contribution is 2.33. The average molecular weight is 437 g/mol. The van der Waals surface area contributed by atoms with Crippen molar-refractivity contribution in [2.75, 3.05) is 37.6 Å². The maximum absolute atomic E-state index is 12.1. The molecule has 2 aliphatic rings. The van der Waals surface area contributed by atoms with Gasteiger partial charge in [0, 0.05) is 39.1 Å². The standard InChI is InChI=1S/C21H26Cl2N4O2/c1-14-24-18(13-29-14)21(28)25-16-11-15(12-16)5-6-26-7-9-27(10-8-26)19-4-2-3-17(22)20(19)23/h2-4,13,15-16H,5-12H2,1H3,(H,25,28)/t15-,16+. The molecule has 1 aromatic carbocycles. The van der Waals surface area contributed by atoms with Crippen molar-refractivity contribution < 1.29 is 9.21 Å². The molecule has 1 aliphatic heterocycles. The highest BCUT2D eigenvalue weighted by atomic mass is 35.5. The summed E-state index contributed by atoms with van der Waals surface area (Å²) in [6, 6.07) is 6.06. The van der Waals surface area contributed by atoms with Crippen molar-refractivity contribution in [3.63, 3.8) is 0 Å². The van der Waals surface area contributed by atoms with Gasteiger partial charge in [-0.3, -0.25) is 9.69 Å². The molecule has 6 nitrogen and oxygen atoms in total. The number of hydrogen-bond donors (Lipinski definition) is 1. The third kappa shape index (κ3) is 4.87. The number of amides is 1. The van der Waals surface area contributed by atoms with E-state index in [-0.39, 0.29) is 11.9 Å². The molecule has 156 valence electrons. The summed E-state index contributed by atoms with van der Waals surface area (Å²) in [5.41, 5.74) is 1.39. The Labute approximate surface area is 181 Å². The summed E-state index contributed by atoms with van der Waals surface area (Å²) in [5.74, 6) is 1.06. The van der Waals surface area contributed by atoms with Crippen LogP contribution in [0.4, 0.5) is 5.69 Å². The first-order valence-electron chi connectivity index (χ1n) is 10.1. The molecule has 0 bridgehead atoms. The van der Waals surface area contributed by atoms with E-state index in [1.165, 1.54) is 12.7 Å². The second kappa shape index (κ2) is 8.94. The lowest BCUT2D eigenvalue weighted by atomic mass is 9.78. The zero-order valence-corrected chi connectivity index (χ0v) is 18.0. The molecule has 1 aromatic heterocycles. The molecule has 1 aliphatic carbocycles. The number of anilines is 1. The maximum Gasteiger partial charge on any atom is 0.273 e. The minimum atomic E-state index is -0.138. The van der Waals surface area contributed by atoms with Crippen molar-refractivity contribution in [2.45, 2.75) is 32.2 Å². The first-order chi connectivity index (χ1) is 14.0. The van der Waals surface area contributed by atoms with E-state index in [9.17, 15) is 4.79 Å². The lowest BCUT2D eigenvalue weighted by Gasteiger charge is -2.39. The smallest absolute Gasteiger partial charge is 0.273 e. The number of nitrogens with zero attached hydrogens (tertiary/aromatic N) is 3. The third-order valence-corrected chi connectivity index (χ3v) is 6.73. The van der Waals surface area contributed by atoms with Crippen LogP contribution in [0.3, 0.4) is 0 Å². The first kappa shape index (κ1) is 20.5. The Morgan fingerprint density at radius 1 is 1.24 bits per heavy atom. The van der Waals surface area contributed by atoms with Crippen molar-refractivity contribution in [1.29, 1.82) is 0 Å². The van der Waals surface area contributed by atoms with E-state index < -0.39 is 0 Å². The Morgan fingerprint density at radius 3 is 2.69 bits per heavy atom. The van der Waals surface area contributed by atoms with Gasteiger partial charge < -0.3 is 14.6 Å². The molecule has 2 aromatic rings. The summed E-state index contributed by atoms with van der Waals surface area (Å²) >= 11 is 12.5. The quantitative estimate of drug-likeness (QED) is 0.740. The van der Waals surface area contributed by atoms with Crippen LogP contribution in [0.5, 0.6) is 0 Å². The molecular weight excluding hydrogens is 411 g/mol. The molecule has 1 saturated carbocycles. The number of aromatic nitrogens is 1. The SMILES string of the molecule is Cc1nc(C(=O)N[C@H]2C[C@@H](CCN3CCN(c4cccc(Cl)c4Cl)CC3)C2)co1. The molecule has 1 amide bonds. The van der Waals surface area contributed by atoms with Crippen molar-refractivity contribution in [3.05, 3.63) is 46.1 Å². The van der Waals surface area contributed by atoms with E-state index in [1.807, 2.05) is 18.2 Å². The summed E-state index contributed by atoms with van der Waals surface area (Å²) in [6.45, 7) is 6.81.